The summed E-state index contributed by atoms with van der Waals surface area (Å²) < 4.78 is 23.7. The minimum atomic E-state index is -0.613. The predicted molar refractivity (Wildman–Crippen MR) is 141 cm³/mol. The molecule has 37 heavy (non-hydrogen) atoms. The summed E-state index contributed by atoms with van der Waals surface area (Å²) >= 11 is 0. The normalized spacial score (nSPS) is 26.1. The Labute approximate surface area is 219 Å². The summed E-state index contributed by atoms with van der Waals surface area (Å²) in [5.74, 6) is 0.0928. The Balaban J connectivity index is 1.57. The third-order valence-corrected chi connectivity index (χ3v) is 7.13. The molecule has 0 spiro atoms. The maximum Gasteiger partial charge on any atom is 0.411 e. The van der Waals surface area contributed by atoms with Crippen molar-refractivity contribution in [2.24, 2.45) is 5.92 Å². The molecule has 5 atom stereocenters. The molecule has 2 aliphatic heterocycles. The quantitative estimate of drug-likeness (QED) is 0.443. The molecule has 2 heterocycles. The standard InChI is InChI=1S/C29H38N2O6/c1-4-15-35-29(33)30-24-8-5-7-23(16-24)28-36-26(17-31-14-6-9-25(31)19-34-3)20(2)27(37-28)22-12-10-21(18-32)11-13-22/h4-5,7-8,10-13,16,20,25-28,32H,1,6,9,14-15,17-19H2,2-3H3,(H,30,33). The molecule has 4 rings (SSSR count). The van der Waals surface area contributed by atoms with Crippen LogP contribution in [0.15, 0.2) is 61.2 Å². The van der Waals surface area contributed by atoms with Crippen molar-refractivity contribution in [2.75, 3.05) is 38.7 Å². The smallest absolute Gasteiger partial charge is 0.411 e. The molecule has 2 aromatic carbocycles. The summed E-state index contributed by atoms with van der Waals surface area (Å²) in [4.78, 5) is 14.5. The van der Waals surface area contributed by atoms with Crippen LogP contribution in [0.4, 0.5) is 10.5 Å². The van der Waals surface area contributed by atoms with Gasteiger partial charge in [-0.15, -0.1) is 0 Å². The number of aliphatic hydroxyl groups is 1. The molecule has 8 heteroatoms. The first-order valence-electron chi connectivity index (χ1n) is 12.9. The minimum absolute atomic E-state index is 0.000588. The summed E-state index contributed by atoms with van der Waals surface area (Å²) in [5, 5.41) is 12.2. The summed E-state index contributed by atoms with van der Waals surface area (Å²) in [6.07, 6.45) is 2.35. The molecule has 2 fully saturated rings. The molecule has 5 unspecified atom stereocenters. The summed E-state index contributed by atoms with van der Waals surface area (Å²) in [5.41, 5.74) is 3.31. The number of benzene rings is 2. The Bertz CT molecular complexity index is 1030. The van der Waals surface area contributed by atoms with E-state index >= 15 is 0 Å². The SMILES string of the molecule is C=CCOC(=O)Nc1cccc(C2OC(CN3CCCC3COC)C(C)C(c3ccc(CO)cc3)O2)c1. The van der Waals surface area contributed by atoms with E-state index in [9.17, 15) is 9.90 Å². The molecular formula is C29H38N2O6. The number of hydrogen-bond acceptors (Lipinski definition) is 7. The number of nitrogens with one attached hydrogen (secondary N) is 1. The van der Waals surface area contributed by atoms with E-state index in [4.69, 9.17) is 18.9 Å². The van der Waals surface area contributed by atoms with Crippen LogP contribution >= 0.6 is 0 Å². The zero-order chi connectivity index (χ0) is 26.2. The minimum Gasteiger partial charge on any atom is -0.445 e. The van der Waals surface area contributed by atoms with Gasteiger partial charge >= 0.3 is 6.09 Å². The van der Waals surface area contributed by atoms with Gasteiger partial charge in [0.25, 0.3) is 0 Å². The zero-order valence-electron chi connectivity index (χ0n) is 21.7. The van der Waals surface area contributed by atoms with Crippen LogP contribution in [0.5, 0.6) is 0 Å². The molecule has 0 saturated carbocycles. The van der Waals surface area contributed by atoms with Crippen LogP contribution in [-0.2, 0) is 25.6 Å². The third-order valence-electron chi connectivity index (χ3n) is 7.13. The number of carbonyl (C=O) groups excluding carboxylic acids is 1. The molecule has 200 valence electrons. The Morgan fingerprint density at radius 1 is 1.22 bits per heavy atom. The average molecular weight is 511 g/mol. The summed E-state index contributed by atoms with van der Waals surface area (Å²) in [6.45, 7) is 8.38. The lowest BCUT2D eigenvalue weighted by atomic mass is 9.90. The first-order chi connectivity index (χ1) is 18.0. The first-order valence-corrected chi connectivity index (χ1v) is 12.9. The zero-order valence-corrected chi connectivity index (χ0v) is 21.7. The summed E-state index contributed by atoms with van der Waals surface area (Å²) in [7, 11) is 1.75. The molecule has 2 saturated heterocycles. The van der Waals surface area contributed by atoms with E-state index in [-0.39, 0.29) is 31.3 Å². The van der Waals surface area contributed by atoms with E-state index in [1.807, 2.05) is 42.5 Å². The van der Waals surface area contributed by atoms with E-state index in [1.165, 1.54) is 6.08 Å². The molecule has 2 N–H and O–H groups in total. The molecule has 1 amide bonds. The third kappa shape index (κ3) is 6.97. The van der Waals surface area contributed by atoms with Gasteiger partial charge < -0.3 is 24.1 Å². The second kappa shape index (κ2) is 13.2. The maximum absolute atomic E-state index is 12.0. The van der Waals surface area contributed by atoms with Gasteiger partial charge in [0, 0.05) is 36.9 Å². The molecular weight excluding hydrogens is 472 g/mol. The van der Waals surface area contributed by atoms with Crippen molar-refractivity contribution in [3.8, 4) is 0 Å². The predicted octanol–water partition coefficient (Wildman–Crippen LogP) is 4.82. The number of ether oxygens (including phenoxy) is 4. The molecule has 0 bridgehead atoms. The van der Waals surface area contributed by atoms with Gasteiger partial charge in [0.15, 0.2) is 6.29 Å². The lowest BCUT2D eigenvalue weighted by molar-refractivity contribution is -0.276. The lowest BCUT2D eigenvalue weighted by Crippen LogP contribution is -2.46. The molecule has 2 aromatic rings. The van der Waals surface area contributed by atoms with Gasteiger partial charge in [-0.05, 0) is 42.6 Å². The Kier molecular flexibility index (Phi) is 9.71. The van der Waals surface area contributed by atoms with Gasteiger partial charge in [-0.25, -0.2) is 4.79 Å². The van der Waals surface area contributed by atoms with Crippen molar-refractivity contribution >= 4 is 11.8 Å². The number of rotatable bonds is 10. The number of anilines is 1. The molecule has 0 radical (unpaired) electrons. The van der Waals surface area contributed by atoms with Crippen LogP contribution in [-0.4, -0.2) is 61.7 Å². The fourth-order valence-corrected chi connectivity index (χ4v) is 5.13. The van der Waals surface area contributed by atoms with Gasteiger partial charge in [0.05, 0.1) is 25.4 Å². The van der Waals surface area contributed by atoms with Gasteiger partial charge in [-0.2, -0.15) is 0 Å². The lowest BCUT2D eigenvalue weighted by Gasteiger charge is -2.43. The number of nitrogens with zero attached hydrogens (tertiary/aromatic N) is 1. The number of amides is 1. The second-order valence-electron chi connectivity index (χ2n) is 9.71. The van der Waals surface area contributed by atoms with E-state index in [0.717, 1.165) is 42.6 Å². The van der Waals surface area contributed by atoms with Gasteiger partial charge in [0.2, 0.25) is 0 Å². The van der Waals surface area contributed by atoms with Crippen LogP contribution in [0, 0.1) is 5.92 Å². The Morgan fingerprint density at radius 3 is 2.76 bits per heavy atom. The second-order valence-corrected chi connectivity index (χ2v) is 9.71. The van der Waals surface area contributed by atoms with Crippen LogP contribution in [0.1, 0.15) is 48.8 Å². The highest BCUT2D eigenvalue weighted by molar-refractivity contribution is 5.84. The highest BCUT2D eigenvalue weighted by Crippen LogP contribution is 2.42. The Hall–Kier alpha value is -2.75. The summed E-state index contributed by atoms with van der Waals surface area (Å²) in [6, 6.07) is 15.7. The molecule has 0 aliphatic carbocycles. The van der Waals surface area contributed by atoms with Crippen molar-refractivity contribution in [1.29, 1.82) is 0 Å². The monoisotopic (exact) mass is 510 g/mol. The fourth-order valence-electron chi connectivity index (χ4n) is 5.13. The van der Waals surface area contributed by atoms with Crippen LogP contribution in [0.3, 0.4) is 0 Å². The first kappa shape index (κ1) is 27.3. The highest BCUT2D eigenvalue weighted by Gasteiger charge is 2.40. The van der Waals surface area contributed by atoms with Crippen LogP contribution in [0.25, 0.3) is 0 Å². The topological polar surface area (TPSA) is 89.5 Å². The number of aliphatic hydroxyl groups excluding tert-OH is 1. The molecule has 8 nitrogen and oxygen atoms in total. The molecule has 2 aliphatic rings. The number of likely N-dealkylation sites (tertiary alicyclic amines) is 1. The molecule has 0 aromatic heterocycles. The van der Waals surface area contributed by atoms with Crippen molar-refractivity contribution in [3.63, 3.8) is 0 Å². The van der Waals surface area contributed by atoms with Crippen LogP contribution in [0.2, 0.25) is 0 Å². The van der Waals surface area contributed by atoms with Crippen molar-refractivity contribution in [1.82, 2.24) is 4.90 Å². The van der Waals surface area contributed by atoms with E-state index < -0.39 is 12.4 Å². The van der Waals surface area contributed by atoms with Gasteiger partial charge in [-0.3, -0.25) is 10.2 Å². The van der Waals surface area contributed by atoms with E-state index in [2.05, 4.69) is 23.7 Å². The largest absolute Gasteiger partial charge is 0.445 e. The van der Waals surface area contributed by atoms with Crippen molar-refractivity contribution in [2.45, 2.75) is 50.9 Å². The van der Waals surface area contributed by atoms with Crippen molar-refractivity contribution < 1.29 is 28.8 Å². The number of carbonyl (C=O) groups is 1. The maximum atomic E-state index is 12.0. The number of hydrogen-bond donors (Lipinski definition) is 2. The average Bonchev–Trinajstić information content (AvgIpc) is 3.35. The fraction of sp³-hybridized carbons (Fsp3) is 0.483. The number of methoxy groups -OCH3 is 1. The van der Waals surface area contributed by atoms with Crippen molar-refractivity contribution in [3.05, 3.63) is 77.9 Å². The highest BCUT2D eigenvalue weighted by atomic mass is 16.7. The van der Waals surface area contributed by atoms with Crippen LogP contribution < -0.4 is 5.32 Å². The van der Waals surface area contributed by atoms with Gasteiger partial charge in [-0.1, -0.05) is 56.0 Å². The van der Waals surface area contributed by atoms with E-state index in [1.54, 1.807) is 13.2 Å². The van der Waals surface area contributed by atoms with Gasteiger partial charge in [0.1, 0.15) is 6.61 Å². The Morgan fingerprint density at radius 2 is 2.03 bits per heavy atom. The van der Waals surface area contributed by atoms with E-state index in [0.29, 0.717) is 18.3 Å².